The molecule has 0 saturated carbocycles. The Hall–Kier alpha value is -1.58. The van der Waals surface area contributed by atoms with E-state index in [0.29, 0.717) is 5.69 Å². The van der Waals surface area contributed by atoms with Crippen LogP contribution in [0, 0.1) is 0 Å². The monoisotopic (exact) mass is 249 g/mol. The SMILES string of the molecule is CCCNc1cccc(C(=O)NC(CC)CC)n1. The van der Waals surface area contributed by atoms with E-state index in [9.17, 15) is 4.79 Å². The molecule has 1 aromatic rings. The molecule has 0 saturated heterocycles. The predicted molar refractivity (Wildman–Crippen MR) is 74.9 cm³/mol. The molecule has 0 aromatic carbocycles. The van der Waals surface area contributed by atoms with Crippen LogP contribution in [0.5, 0.6) is 0 Å². The minimum Gasteiger partial charge on any atom is -0.370 e. The molecule has 1 aromatic heterocycles. The first-order chi connectivity index (χ1) is 8.71. The quantitative estimate of drug-likeness (QED) is 0.781. The number of carbonyl (C=O) groups excluding carboxylic acids is 1. The van der Waals surface area contributed by atoms with E-state index in [-0.39, 0.29) is 11.9 Å². The van der Waals surface area contributed by atoms with E-state index >= 15 is 0 Å². The van der Waals surface area contributed by atoms with Gasteiger partial charge >= 0.3 is 0 Å². The normalized spacial score (nSPS) is 10.4. The summed E-state index contributed by atoms with van der Waals surface area (Å²) in [7, 11) is 0. The summed E-state index contributed by atoms with van der Waals surface area (Å²) in [5.74, 6) is 0.665. The molecule has 0 aliphatic rings. The van der Waals surface area contributed by atoms with Crippen molar-refractivity contribution in [3.63, 3.8) is 0 Å². The predicted octanol–water partition coefficient (Wildman–Crippen LogP) is 2.82. The second-order valence-corrected chi connectivity index (χ2v) is 4.32. The standard InChI is InChI=1S/C14H23N3O/c1-4-10-15-13-9-7-8-12(17-13)14(18)16-11(5-2)6-3/h7-9,11H,4-6,10H2,1-3H3,(H,15,17)(H,16,18). The van der Waals surface area contributed by atoms with Gasteiger partial charge in [0.25, 0.3) is 5.91 Å². The summed E-state index contributed by atoms with van der Waals surface area (Å²) in [5.41, 5.74) is 0.475. The largest absolute Gasteiger partial charge is 0.370 e. The molecule has 0 spiro atoms. The molecule has 4 nitrogen and oxygen atoms in total. The minimum absolute atomic E-state index is 0.0937. The molecule has 0 fully saturated rings. The topological polar surface area (TPSA) is 54.0 Å². The Balaban J connectivity index is 2.67. The lowest BCUT2D eigenvalue weighted by Crippen LogP contribution is -2.34. The van der Waals surface area contributed by atoms with Crippen LogP contribution in [0.2, 0.25) is 0 Å². The Bertz CT molecular complexity index is 375. The van der Waals surface area contributed by atoms with Gasteiger partial charge in [-0.3, -0.25) is 4.79 Å². The molecule has 0 bridgehead atoms. The van der Waals surface area contributed by atoms with Crippen molar-refractivity contribution >= 4 is 11.7 Å². The van der Waals surface area contributed by atoms with Crippen molar-refractivity contribution in [1.82, 2.24) is 10.3 Å². The summed E-state index contributed by atoms with van der Waals surface area (Å²) in [5, 5.41) is 6.17. The minimum atomic E-state index is -0.0937. The van der Waals surface area contributed by atoms with Crippen LogP contribution >= 0.6 is 0 Å². The van der Waals surface area contributed by atoms with Crippen molar-refractivity contribution in [3.8, 4) is 0 Å². The van der Waals surface area contributed by atoms with Crippen molar-refractivity contribution in [3.05, 3.63) is 23.9 Å². The number of aromatic nitrogens is 1. The van der Waals surface area contributed by atoms with E-state index in [4.69, 9.17) is 0 Å². The molecule has 2 N–H and O–H groups in total. The Morgan fingerprint density at radius 1 is 1.28 bits per heavy atom. The van der Waals surface area contributed by atoms with Gasteiger partial charge in [-0.1, -0.05) is 26.8 Å². The summed E-state index contributed by atoms with van der Waals surface area (Å²) in [6.45, 7) is 7.10. The maximum atomic E-state index is 12.0. The molecule has 0 radical (unpaired) electrons. The van der Waals surface area contributed by atoms with E-state index in [1.807, 2.05) is 12.1 Å². The summed E-state index contributed by atoms with van der Waals surface area (Å²) >= 11 is 0. The molecule has 0 unspecified atom stereocenters. The number of amides is 1. The van der Waals surface area contributed by atoms with Gasteiger partial charge in [0.1, 0.15) is 11.5 Å². The second kappa shape index (κ2) is 7.69. The summed E-state index contributed by atoms with van der Waals surface area (Å²) < 4.78 is 0. The summed E-state index contributed by atoms with van der Waals surface area (Å²) in [4.78, 5) is 16.3. The van der Waals surface area contributed by atoms with Crippen LogP contribution in [0.25, 0.3) is 0 Å². The van der Waals surface area contributed by atoms with Crippen LogP contribution in [-0.4, -0.2) is 23.5 Å². The molecular formula is C14H23N3O. The van der Waals surface area contributed by atoms with Gasteiger partial charge in [-0.2, -0.15) is 0 Å². The van der Waals surface area contributed by atoms with Crippen molar-refractivity contribution in [2.45, 2.75) is 46.1 Å². The van der Waals surface area contributed by atoms with Crippen LogP contribution in [0.3, 0.4) is 0 Å². The molecule has 1 rings (SSSR count). The van der Waals surface area contributed by atoms with Crippen LogP contribution in [0.4, 0.5) is 5.82 Å². The first-order valence-electron chi connectivity index (χ1n) is 6.73. The number of nitrogens with one attached hydrogen (secondary N) is 2. The van der Waals surface area contributed by atoms with E-state index in [1.54, 1.807) is 6.07 Å². The Morgan fingerprint density at radius 3 is 2.61 bits per heavy atom. The Morgan fingerprint density at radius 2 is 2.00 bits per heavy atom. The maximum Gasteiger partial charge on any atom is 0.270 e. The third-order valence-corrected chi connectivity index (χ3v) is 2.86. The fourth-order valence-corrected chi connectivity index (χ4v) is 1.66. The van der Waals surface area contributed by atoms with Gasteiger partial charge in [-0.25, -0.2) is 4.98 Å². The molecule has 100 valence electrons. The van der Waals surface area contributed by atoms with Gasteiger partial charge in [0, 0.05) is 12.6 Å². The number of nitrogens with zero attached hydrogens (tertiary/aromatic N) is 1. The third kappa shape index (κ3) is 4.35. The van der Waals surface area contributed by atoms with Crippen LogP contribution in [0.1, 0.15) is 50.5 Å². The smallest absolute Gasteiger partial charge is 0.270 e. The molecule has 18 heavy (non-hydrogen) atoms. The van der Waals surface area contributed by atoms with Gasteiger partial charge in [0.2, 0.25) is 0 Å². The molecule has 1 heterocycles. The van der Waals surface area contributed by atoms with E-state index < -0.39 is 0 Å². The zero-order valence-corrected chi connectivity index (χ0v) is 11.5. The van der Waals surface area contributed by atoms with Crippen molar-refractivity contribution in [2.75, 3.05) is 11.9 Å². The molecule has 0 atom stereocenters. The highest BCUT2D eigenvalue weighted by molar-refractivity contribution is 5.92. The van der Waals surface area contributed by atoms with Crippen molar-refractivity contribution < 1.29 is 4.79 Å². The van der Waals surface area contributed by atoms with Gasteiger partial charge in [-0.15, -0.1) is 0 Å². The third-order valence-electron chi connectivity index (χ3n) is 2.86. The summed E-state index contributed by atoms with van der Waals surface area (Å²) in [6, 6.07) is 5.71. The second-order valence-electron chi connectivity index (χ2n) is 4.32. The molecule has 4 heteroatoms. The highest BCUT2D eigenvalue weighted by atomic mass is 16.1. The lowest BCUT2D eigenvalue weighted by atomic mass is 10.1. The highest BCUT2D eigenvalue weighted by Crippen LogP contribution is 2.06. The van der Waals surface area contributed by atoms with Gasteiger partial charge in [0.05, 0.1) is 0 Å². The zero-order valence-electron chi connectivity index (χ0n) is 11.5. The van der Waals surface area contributed by atoms with Crippen molar-refractivity contribution in [1.29, 1.82) is 0 Å². The highest BCUT2D eigenvalue weighted by Gasteiger charge is 2.11. The van der Waals surface area contributed by atoms with E-state index in [1.165, 1.54) is 0 Å². The summed E-state index contributed by atoms with van der Waals surface area (Å²) in [6.07, 6.45) is 2.91. The van der Waals surface area contributed by atoms with Crippen LogP contribution in [-0.2, 0) is 0 Å². The molecular weight excluding hydrogens is 226 g/mol. The fourth-order valence-electron chi connectivity index (χ4n) is 1.66. The van der Waals surface area contributed by atoms with Gasteiger partial charge in [-0.05, 0) is 31.4 Å². The zero-order chi connectivity index (χ0) is 13.4. The number of anilines is 1. The average molecular weight is 249 g/mol. The Labute approximate surface area is 109 Å². The van der Waals surface area contributed by atoms with E-state index in [0.717, 1.165) is 31.6 Å². The first-order valence-corrected chi connectivity index (χ1v) is 6.73. The number of hydrogen-bond donors (Lipinski definition) is 2. The molecule has 0 aliphatic carbocycles. The molecule has 1 amide bonds. The lowest BCUT2D eigenvalue weighted by Gasteiger charge is -2.14. The number of carbonyl (C=O) groups is 1. The van der Waals surface area contributed by atoms with Gasteiger partial charge in [0.15, 0.2) is 0 Å². The van der Waals surface area contributed by atoms with Crippen molar-refractivity contribution in [2.24, 2.45) is 0 Å². The van der Waals surface area contributed by atoms with E-state index in [2.05, 4.69) is 36.4 Å². The van der Waals surface area contributed by atoms with Crippen LogP contribution < -0.4 is 10.6 Å². The van der Waals surface area contributed by atoms with Gasteiger partial charge < -0.3 is 10.6 Å². The average Bonchev–Trinajstić information content (AvgIpc) is 2.42. The maximum absolute atomic E-state index is 12.0. The van der Waals surface area contributed by atoms with Crippen LogP contribution in [0.15, 0.2) is 18.2 Å². The first kappa shape index (κ1) is 14.5. The molecule has 0 aliphatic heterocycles. The number of pyridine rings is 1. The fraction of sp³-hybridized carbons (Fsp3) is 0.571. The number of rotatable bonds is 7. The number of hydrogen-bond acceptors (Lipinski definition) is 3. The Kier molecular flexibility index (Phi) is 6.19. The lowest BCUT2D eigenvalue weighted by molar-refractivity contribution is 0.0930.